The van der Waals surface area contributed by atoms with E-state index in [1.807, 2.05) is 0 Å². The van der Waals surface area contributed by atoms with Crippen LogP contribution in [-0.2, 0) is 0 Å². The van der Waals surface area contributed by atoms with E-state index in [1.165, 1.54) is 0 Å². The molecule has 0 radical (unpaired) electrons. The Morgan fingerprint density at radius 2 is 1.92 bits per heavy atom. The lowest BCUT2D eigenvalue weighted by Crippen LogP contribution is -2.38. The van der Waals surface area contributed by atoms with Crippen LogP contribution in [0.1, 0.15) is 42.5 Å². The summed E-state index contributed by atoms with van der Waals surface area (Å²) in [5.41, 5.74) is -0.761. The second kappa shape index (κ2) is 7.79. The maximum Gasteiger partial charge on any atom is 0.251 e. The monoisotopic (exact) mass is 332 g/mol. The Balaban J connectivity index is 2.07. The molecule has 6 heteroatoms. The summed E-state index contributed by atoms with van der Waals surface area (Å²) in [6, 6.07) is 4.06. The predicted octanol–water partition coefficient (Wildman–Crippen LogP) is 3.18. The van der Waals surface area contributed by atoms with Crippen LogP contribution in [0.5, 0.6) is 5.75 Å². The molecule has 24 heavy (non-hydrogen) atoms. The topological polar surface area (TPSA) is 62.1 Å². The van der Waals surface area contributed by atoms with Gasteiger partial charge in [0, 0.05) is 12.1 Å². The number of hydrogen-bond donors (Lipinski definition) is 1. The van der Waals surface area contributed by atoms with Gasteiger partial charge in [0.25, 0.3) is 5.91 Å². The number of nitrogens with one attached hydrogen (secondary N) is 1. The van der Waals surface area contributed by atoms with Crippen LogP contribution >= 0.6 is 0 Å². The van der Waals surface area contributed by atoms with Crippen LogP contribution in [0, 0.1) is 40.7 Å². The van der Waals surface area contributed by atoms with E-state index in [2.05, 4.69) is 17.3 Å². The molecule has 1 aromatic carbocycles. The highest BCUT2D eigenvalue weighted by atomic mass is 19.1. The van der Waals surface area contributed by atoms with Gasteiger partial charge in [-0.15, -0.1) is 6.42 Å². The minimum atomic E-state index is -0.997. The molecule has 126 valence electrons. The van der Waals surface area contributed by atoms with E-state index in [9.17, 15) is 18.8 Å². The molecule has 0 aliphatic heterocycles. The first-order valence-electron chi connectivity index (χ1n) is 7.76. The second-order valence-electron chi connectivity index (χ2n) is 5.90. The fourth-order valence-corrected chi connectivity index (χ4v) is 2.85. The molecule has 0 spiro atoms. The number of benzene rings is 1. The van der Waals surface area contributed by atoms with Crippen LogP contribution in [-0.4, -0.2) is 19.1 Å². The quantitative estimate of drug-likeness (QED) is 0.843. The fraction of sp³-hybridized carbons (Fsp3) is 0.444. The standard InChI is InChI=1S/C18H18F2N2O2/c1-2-8-24-16-14(19)9-13(10-15(16)20)17(23)22-12-18(11-21)6-4-3-5-7-18/h1,9-10H,3-8,12H2,(H,22,23). The first kappa shape index (κ1) is 17.7. The van der Waals surface area contributed by atoms with Crippen molar-refractivity contribution in [3.05, 3.63) is 29.3 Å². The lowest BCUT2D eigenvalue weighted by Gasteiger charge is -2.30. The molecule has 0 atom stereocenters. The summed E-state index contributed by atoms with van der Waals surface area (Å²) in [6.45, 7) is -0.106. The maximum absolute atomic E-state index is 13.9. The van der Waals surface area contributed by atoms with Gasteiger partial charge in [0.2, 0.25) is 0 Å². The Hall–Kier alpha value is -2.60. The number of nitriles is 1. The highest BCUT2D eigenvalue weighted by Crippen LogP contribution is 2.35. The number of hydrogen-bond acceptors (Lipinski definition) is 3. The zero-order valence-electron chi connectivity index (χ0n) is 13.2. The average Bonchev–Trinajstić information content (AvgIpc) is 2.59. The van der Waals surface area contributed by atoms with Gasteiger partial charge in [0.05, 0.1) is 11.5 Å². The summed E-state index contributed by atoms with van der Waals surface area (Å²) < 4.78 is 32.5. The summed E-state index contributed by atoms with van der Waals surface area (Å²) >= 11 is 0. The van der Waals surface area contributed by atoms with Gasteiger partial charge >= 0.3 is 0 Å². The Bertz CT molecular complexity index is 675. The molecule has 0 unspecified atom stereocenters. The van der Waals surface area contributed by atoms with Crippen LogP contribution in [0.4, 0.5) is 8.78 Å². The van der Waals surface area contributed by atoms with Crippen LogP contribution in [0.2, 0.25) is 0 Å². The molecule has 1 saturated carbocycles. The van der Waals surface area contributed by atoms with E-state index in [4.69, 9.17) is 11.2 Å². The zero-order valence-corrected chi connectivity index (χ0v) is 13.2. The Kier molecular flexibility index (Phi) is 5.76. The van der Waals surface area contributed by atoms with Crippen molar-refractivity contribution in [2.75, 3.05) is 13.2 Å². The van der Waals surface area contributed by atoms with E-state index in [0.29, 0.717) is 12.8 Å². The minimum Gasteiger partial charge on any atom is -0.475 e. The number of terminal acetylenes is 1. The van der Waals surface area contributed by atoms with Gasteiger partial charge in [-0.1, -0.05) is 25.2 Å². The summed E-state index contributed by atoms with van der Waals surface area (Å²) in [6.07, 6.45) is 9.36. The first-order chi connectivity index (χ1) is 11.5. The van der Waals surface area contributed by atoms with Crippen molar-refractivity contribution < 1.29 is 18.3 Å². The first-order valence-corrected chi connectivity index (χ1v) is 7.76. The Morgan fingerprint density at radius 1 is 1.29 bits per heavy atom. The summed E-state index contributed by atoms with van der Waals surface area (Å²) in [4.78, 5) is 12.1. The second-order valence-corrected chi connectivity index (χ2v) is 5.90. The van der Waals surface area contributed by atoms with Crippen LogP contribution in [0.25, 0.3) is 0 Å². The molecule has 1 N–H and O–H groups in total. The van der Waals surface area contributed by atoms with Crippen molar-refractivity contribution >= 4 is 5.91 Å². The van der Waals surface area contributed by atoms with Gasteiger partial charge in [-0.2, -0.15) is 5.26 Å². The lowest BCUT2D eigenvalue weighted by molar-refractivity contribution is 0.0931. The molecule has 2 rings (SSSR count). The number of carbonyl (C=O) groups excluding carboxylic acids is 1. The number of ether oxygens (including phenoxy) is 1. The molecule has 1 fully saturated rings. The van der Waals surface area contributed by atoms with E-state index in [-0.39, 0.29) is 18.7 Å². The largest absolute Gasteiger partial charge is 0.475 e. The van der Waals surface area contributed by atoms with E-state index >= 15 is 0 Å². The van der Waals surface area contributed by atoms with E-state index < -0.39 is 28.7 Å². The highest BCUT2D eigenvalue weighted by molar-refractivity contribution is 5.94. The molecule has 0 heterocycles. The summed E-state index contributed by atoms with van der Waals surface area (Å²) in [5, 5.41) is 12.0. The van der Waals surface area contributed by atoms with Gasteiger partial charge in [-0.25, -0.2) is 8.78 Å². The molecule has 1 amide bonds. The normalized spacial score (nSPS) is 15.8. The molecule has 0 aromatic heterocycles. The van der Waals surface area contributed by atoms with Crippen LogP contribution in [0.15, 0.2) is 12.1 Å². The SMILES string of the molecule is C#CCOc1c(F)cc(C(=O)NCC2(C#N)CCCCC2)cc1F. The smallest absolute Gasteiger partial charge is 0.251 e. The van der Waals surface area contributed by atoms with Crippen LogP contribution in [0.3, 0.4) is 0 Å². The van der Waals surface area contributed by atoms with Gasteiger partial charge < -0.3 is 10.1 Å². The molecule has 0 saturated heterocycles. The molecule has 1 aliphatic carbocycles. The van der Waals surface area contributed by atoms with Crippen molar-refractivity contribution in [1.29, 1.82) is 5.26 Å². The number of amides is 1. The van der Waals surface area contributed by atoms with Crippen molar-refractivity contribution in [2.24, 2.45) is 5.41 Å². The molecule has 1 aromatic rings. The summed E-state index contributed by atoms with van der Waals surface area (Å²) in [5.74, 6) is -1.12. The van der Waals surface area contributed by atoms with E-state index in [1.54, 1.807) is 0 Å². The number of rotatable bonds is 5. The zero-order chi connectivity index (χ0) is 17.6. The molecular formula is C18H18F2N2O2. The number of halogens is 2. The van der Waals surface area contributed by atoms with Gasteiger partial charge in [-0.05, 0) is 25.0 Å². The Morgan fingerprint density at radius 3 is 2.46 bits per heavy atom. The Labute approximate surface area is 139 Å². The number of carbonyl (C=O) groups is 1. The molecular weight excluding hydrogens is 314 g/mol. The van der Waals surface area contributed by atoms with Crippen molar-refractivity contribution in [3.63, 3.8) is 0 Å². The van der Waals surface area contributed by atoms with Gasteiger partial charge in [-0.3, -0.25) is 4.79 Å². The van der Waals surface area contributed by atoms with Crippen molar-refractivity contribution in [2.45, 2.75) is 32.1 Å². The van der Waals surface area contributed by atoms with Crippen LogP contribution < -0.4 is 10.1 Å². The molecule has 1 aliphatic rings. The fourth-order valence-electron chi connectivity index (χ4n) is 2.85. The number of nitrogens with zero attached hydrogens (tertiary/aromatic N) is 1. The third kappa shape index (κ3) is 4.02. The van der Waals surface area contributed by atoms with Gasteiger partial charge in [0.1, 0.15) is 6.61 Å². The average molecular weight is 332 g/mol. The molecule has 0 bridgehead atoms. The van der Waals surface area contributed by atoms with Crippen molar-refractivity contribution in [3.8, 4) is 24.2 Å². The third-order valence-electron chi connectivity index (χ3n) is 4.20. The van der Waals surface area contributed by atoms with Gasteiger partial charge in [0.15, 0.2) is 17.4 Å². The third-order valence-corrected chi connectivity index (χ3v) is 4.20. The maximum atomic E-state index is 13.9. The lowest BCUT2D eigenvalue weighted by atomic mass is 9.75. The van der Waals surface area contributed by atoms with E-state index in [0.717, 1.165) is 31.4 Å². The summed E-state index contributed by atoms with van der Waals surface area (Å²) in [7, 11) is 0. The van der Waals surface area contributed by atoms with Crippen molar-refractivity contribution in [1.82, 2.24) is 5.32 Å². The molecule has 4 nitrogen and oxygen atoms in total. The predicted molar refractivity (Wildman–Crippen MR) is 84.2 cm³/mol. The highest BCUT2D eigenvalue weighted by Gasteiger charge is 2.32. The minimum absolute atomic E-state index is 0.165.